The monoisotopic (exact) mass is 532 g/mol. The number of rotatable bonds is 2. The molecule has 0 spiro atoms. The van der Waals surface area contributed by atoms with Crippen LogP contribution in [-0.2, 0) is 0 Å². The molecule has 0 N–H and O–H groups in total. The summed E-state index contributed by atoms with van der Waals surface area (Å²) in [5.41, 5.74) is 4.63. The predicted octanol–water partition coefficient (Wildman–Crippen LogP) is 9.83. The zero-order valence-corrected chi connectivity index (χ0v) is 23.0. The van der Waals surface area contributed by atoms with Crippen LogP contribution < -0.4 is 0 Å². The van der Waals surface area contributed by atoms with Crippen LogP contribution in [0.25, 0.3) is 31.0 Å². The summed E-state index contributed by atoms with van der Waals surface area (Å²) in [4.78, 5) is 4.78. The van der Waals surface area contributed by atoms with E-state index in [2.05, 4.69) is 122 Å². The van der Waals surface area contributed by atoms with Gasteiger partial charge < -0.3 is 0 Å². The molecule has 4 heterocycles. The van der Waals surface area contributed by atoms with Crippen LogP contribution in [0.1, 0.15) is 41.8 Å². The maximum atomic E-state index is 3.32. The van der Waals surface area contributed by atoms with Crippen LogP contribution >= 0.6 is 45.3 Å². The Labute approximate surface area is 227 Å². The van der Waals surface area contributed by atoms with E-state index in [9.17, 15) is 0 Å². The van der Waals surface area contributed by atoms with Gasteiger partial charge in [0.25, 0.3) is 0 Å². The first kappa shape index (κ1) is 23.0. The summed E-state index contributed by atoms with van der Waals surface area (Å²) in [6, 6.07) is 25.7. The molecule has 0 saturated heterocycles. The molecule has 0 radical (unpaired) electrons. The van der Waals surface area contributed by atoms with Crippen molar-refractivity contribution in [2.24, 2.45) is 0 Å². The highest BCUT2D eigenvalue weighted by molar-refractivity contribution is 7.29. The lowest BCUT2D eigenvalue weighted by Crippen LogP contribution is -1.74. The van der Waals surface area contributed by atoms with E-state index in [1.54, 1.807) is 22.7 Å². The fourth-order valence-electron chi connectivity index (χ4n) is 3.70. The van der Waals surface area contributed by atoms with Gasteiger partial charge in [-0.05, 0) is 74.5 Å². The number of fused-ring (bicyclic) bond motifs is 2. The smallest absolute Gasteiger partial charge is 0.0793 e. The molecule has 4 heteroatoms. The first-order chi connectivity index (χ1) is 17.6. The Morgan fingerprint density at radius 1 is 0.472 bits per heavy atom. The van der Waals surface area contributed by atoms with Gasteiger partial charge in [-0.15, -0.1) is 45.3 Å². The van der Waals surface area contributed by atoms with Crippen molar-refractivity contribution in [1.82, 2.24) is 0 Å². The number of thiophene rings is 4. The molecule has 0 bridgehead atoms. The summed E-state index contributed by atoms with van der Waals surface area (Å²) in [7, 11) is 0. The van der Waals surface area contributed by atoms with Crippen LogP contribution in [0.15, 0.2) is 72.8 Å². The molecule has 172 valence electrons. The van der Waals surface area contributed by atoms with Crippen molar-refractivity contribution in [2.75, 3.05) is 0 Å². The number of hydrogen-bond donors (Lipinski definition) is 0. The van der Waals surface area contributed by atoms with Crippen LogP contribution in [0.5, 0.6) is 0 Å². The molecule has 2 aromatic carbocycles. The summed E-state index contributed by atoms with van der Waals surface area (Å²) < 4.78 is 5.21. The summed E-state index contributed by atoms with van der Waals surface area (Å²) in [6.45, 7) is 4.19. The van der Waals surface area contributed by atoms with Crippen molar-refractivity contribution in [3.63, 3.8) is 0 Å². The fourth-order valence-corrected chi connectivity index (χ4v) is 8.03. The Hall–Kier alpha value is -3.38. The minimum Gasteiger partial charge on any atom is -0.135 e. The Morgan fingerprint density at radius 3 is 1.25 bits per heavy atom. The van der Waals surface area contributed by atoms with Gasteiger partial charge in [-0.3, -0.25) is 0 Å². The van der Waals surface area contributed by atoms with Gasteiger partial charge in [-0.1, -0.05) is 59.1 Å². The molecule has 0 nitrogen and oxygen atoms in total. The minimum absolute atomic E-state index is 1.06. The Morgan fingerprint density at radius 2 is 0.861 bits per heavy atom. The maximum Gasteiger partial charge on any atom is 0.0793 e. The van der Waals surface area contributed by atoms with Gasteiger partial charge in [0.2, 0.25) is 0 Å². The van der Waals surface area contributed by atoms with Crippen molar-refractivity contribution in [3.8, 4) is 23.7 Å². The molecule has 0 unspecified atom stereocenters. The minimum atomic E-state index is 1.06. The Bertz CT molecular complexity index is 1640. The van der Waals surface area contributed by atoms with Crippen LogP contribution in [0.4, 0.5) is 0 Å². The van der Waals surface area contributed by atoms with Crippen LogP contribution in [0, 0.1) is 37.5 Å². The molecule has 6 rings (SSSR count). The molecule has 0 saturated carbocycles. The van der Waals surface area contributed by atoms with E-state index in [4.69, 9.17) is 0 Å². The van der Waals surface area contributed by atoms with Crippen molar-refractivity contribution >= 4 is 76.3 Å². The van der Waals surface area contributed by atoms with E-state index in [1.807, 2.05) is 22.7 Å². The predicted molar refractivity (Wildman–Crippen MR) is 163 cm³/mol. The summed E-state index contributed by atoms with van der Waals surface area (Å²) in [5, 5.41) is 0. The number of aryl methyl sites for hydroxylation is 2. The molecule has 0 amide bonds. The summed E-state index contributed by atoms with van der Waals surface area (Å²) in [5.74, 6) is 13.2. The van der Waals surface area contributed by atoms with Crippen LogP contribution in [0.3, 0.4) is 0 Å². The molecule has 0 fully saturated rings. The summed E-state index contributed by atoms with van der Waals surface area (Å²) >= 11 is 7.18. The van der Waals surface area contributed by atoms with E-state index >= 15 is 0 Å². The lowest BCUT2D eigenvalue weighted by molar-refractivity contribution is 1.46. The van der Waals surface area contributed by atoms with Crippen LogP contribution in [0.2, 0.25) is 0 Å². The fraction of sp³-hybridized carbons (Fsp3) is 0.0625. The van der Waals surface area contributed by atoms with Gasteiger partial charge >= 0.3 is 0 Å². The highest BCUT2D eigenvalue weighted by atomic mass is 32.1. The SMILES string of the molecule is Cc1ccc(C#Cc2cc3sc(C=Cc4cc5sc(C#Cc6ccc(C)cc6)cc5s4)cc3s2)cc1. The first-order valence-corrected chi connectivity index (χ1v) is 14.8. The lowest BCUT2D eigenvalue weighted by Gasteiger charge is -1.90. The Kier molecular flexibility index (Phi) is 6.36. The molecule has 4 aromatic heterocycles. The highest BCUT2D eigenvalue weighted by Crippen LogP contribution is 2.36. The van der Waals surface area contributed by atoms with E-state index in [0.717, 1.165) is 20.9 Å². The third-order valence-corrected chi connectivity index (χ3v) is 9.98. The third-order valence-electron chi connectivity index (χ3n) is 5.63. The van der Waals surface area contributed by atoms with E-state index in [-0.39, 0.29) is 0 Å². The first-order valence-electron chi connectivity index (χ1n) is 11.5. The number of hydrogen-bond acceptors (Lipinski definition) is 4. The molecule has 0 atom stereocenters. The van der Waals surface area contributed by atoms with E-state index in [1.165, 1.54) is 39.7 Å². The lowest BCUT2D eigenvalue weighted by atomic mass is 10.1. The van der Waals surface area contributed by atoms with Crippen molar-refractivity contribution < 1.29 is 0 Å². The number of benzene rings is 2. The quantitative estimate of drug-likeness (QED) is 0.195. The third kappa shape index (κ3) is 5.24. The second-order valence-electron chi connectivity index (χ2n) is 8.54. The Balaban J connectivity index is 1.15. The van der Waals surface area contributed by atoms with E-state index < -0.39 is 0 Å². The maximum absolute atomic E-state index is 3.32. The molecule has 6 aromatic rings. The largest absolute Gasteiger partial charge is 0.135 e. The zero-order valence-electron chi connectivity index (χ0n) is 19.7. The summed E-state index contributed by atoms with van der Waals surface area (Å²) in [6.07, 6.45) is 4.45. The highest BCUT2D eigenvalue weighted by Gasteiger charge is 2.06. The van der Waals surface area contributed by atoms with Gasteiger partial charge in [0.15, 0.2) is 0 Å². The molecule has 36 heavy (non-hydrogen) atoms. The average molecular weight is 533 g/mol. The normalized spacial score (nSPS) is 11.1. The van der Waals surface area contributed by atoms with Crippen molar-refractivity contribution in [2.45, 2.75) is 13.8 Å². The van der Waals surface area contributed by atoms with Gasteiger partial charge in [0, 0.05) is 39.7 Å². The molecule has 0 aliphatic heterocycles. The van der Waals surface area contributed by atoms with Gasteiger partial charge in [-0.2, -0.15) is 0 Å². The molecule has 0 aliphatic carbocycles. The molecule has 0 aliphatic rings. The molecular formula is C32H20S4. The van der Waals surface area contributed by atoms with Gasteiger partial charge in [0.1, 0.15) is 0 Å². The standard InChI is InChI=1S/C32H20S4/c1-21-3-7-23(8-4-21)11-13-25-17-29-31(33-25)19-27(35-29)15-16-28-20-32-30(36-28)18-26(34-32)14-12-24-9-5-22(2)6-10-24/h3-10,15-20H,1-2H3. The van der Waals surface area contributed by atoms with Crippen molar-refractivity contribution in [3.05, 3.63) is 115 Å². The topological polar surface area (TPSA) is 0 Å². The van der Waals surface area contributed by atoms with Crippen molar-refractivity contribution in [1.29, 1.82) is 0 Å². The second-order valence-corrected chi connectivity index (χ2v) is 12.9. The zero-order chi connectivity index (χ0) is 24.5. The molecular weight excluding hydrogens is 513 g/mol. The van der Waals surface area contributed by atoms with E-state index in [0.29, 0.717) is 0 Å². The van der Waals surface area contributed by atoms with Gasteiger partial charge in [-0.25, -0.2) is 0 Å². The second kappa shape index (κ2) is 9.94. The average Bonchev–Trinajstić information content (AvgIpc) is 3.61. The van der Waals surface area contributed by atoms with Gasteiger partial charge in [0.05, 0.1) is 9.75 Å². The van der Waals surface area contributed by atoms with Crippen LogP contribution in [-0.4, -0.2) is 0 Å².